The molecule has 49 heavy (non-hydrogen) atoms. The van der Waals surface area contributed by atoms with E-state index in [0.717, 1.165) is 28.2 Å². The zero-order chi connectivity index (χ0) is 34.1. The molecule has 7 rings (SSSR count). The average Bonchev–Trinajstić information content (AvgIpc) is 3.68. The predicted molar refractivity (Wildman–Crippen MR) is 183 cm³/mol. The Hall–Kier alpha value is -6.02. The highest BCUT2D eigenvalue weighted by molar-refractivity contribution is 6.30. The van der Waals surface area contributed by atoms with Crippen molar-refractivity contribution in [2.75, 3.05) is 29.5 Å². The Morgan fingerprint density at radius 1 is 1.06 bits per heavy atom. The second-order valence-electron chi connectivity index (χ2n) is 11.5. The second kappa shape index (κ2) is 12.9. The summed E-state index contributed by atoms with van der Waals surface area (Å²) in [5.41, 5.74) is 8.23. The topological polar surface area (TPSA) is 201 Å². The van der Waals surface area contributed by atoms with E-state index in [4.69, 9.17) is 22.1 Å². The molecule has 2 aromatic heterocycles. The number of hydrogen-bond donors (Lipinski definition) is 5. The summed E-state index contributed by atoms with van der Waals surface area (Å²) in [7, 11) is 0. The molecular weight excluding hydrogens is 650 g/mol. The highest BCUT2D eigenvalue weighted by atomic mass is 35.5. The lowest BCUT2D eigenvalue weighted by Crippen LogP contribution is -2.47. The molecule has 2 unspecified atom stereocenters. The molecule has 15 heteroatoms. The number of anilines is 3. The first-order chi connectivity index (χ1) is 23.7. The van der Waals surface area contributed by atoms with E-state index in [0.29, 0.717) is 29.5 Å². The Bertz CT molecular complexity index is 2160. The van der Waals surface area contributed by atoms with E-state index < -0.39 is 29.3 Å². The van der Waals surface area contributed by atoms with Gasteiger partial charge >= 0.3 is 11.9 Å². The fourth-order valence-corrected chi connectivity index (χ4v) is 6.26. The number of aliphatic imine (C=N–C) groups is 1. The molecule has 0 radical (unpaired) electrons. The molecule has 2 aliphatic heterocycles. The van der Waals surface area contributed by atoms with Crippen LogP contribution in [0.15, 0.2) is 88.8 Å². The van der Waals surface area contributed by atoms with Crippen LogP contribution in [0, 0.1) is 0 Å². The summed E-state index contributed by atoms with van der Waals surface area (Å²) in [6.07, 6.45) is 1.33. The number of benzene rings is 3. The van der Waals surface area contributed by atoms with Crippen molar-refractivity contribution in [2.45, 2.75) is 31.2 Å². The number of aromatic amines is 1. The van der Waals surface area contributed by atoms with Crippen molar-refractivity contribution >= 4 is 57.9 Å². The van der Waals surface area contributed by atoms with Crippen molar-refractivity contribution in [3.63, 3.8) is 0 Å². The van der Waals surface area contributed by atoms with Gasteiger partial charge in [0.1, 0.15) is 11.9 Å². The van der Waals surface area contributed by atoms with Crippen LogP contribution in [0.4, 0.5) is 17.3 Å². The number of nitrogens with one attached hydrogen (secondary N) is 3. The number of nitrogens with zero attached hydrogens (tertiary/aromatic N) is 5. The minimum Gasteiger partial charge on any atom is -0.480 e. The number of ether oxygens (including phenoxy) is 1. The summed E-state index contributed by atoms with van der Waals surface area (Å²) in [5, 5.41) is 16.7. The Kier molecular flexibility index (Phi) is 8.30. The number of carbonyl (C=O) groups excluding carboxylic acids is 1. The third-order valence-electron chi connectivity index (χ3n) is 8.37. The Morgan fingerprint density at radius 3 is 2.59 bits per heavy atom. The number of hydrogen-bond acceptors (Lipinski definition) is 12. The van der Waals surface area contributed by atoms with Gasteiger partial charge in [0.25, 0.3) is 5.56 Å². The number of carbonyl (C=O) groups is 2. The molecule has 0 fully saturated rings. The van der Waals surface area contributed by atoms with Crippen molar-refractivity contribution < 1.29 is 19.4 Å². The van der Waals surface area contributed by atoms with Crippen molar-refractivity contribution in [1.29, 1.82) is 0 Å². The van der Waals surface area contributed by atoms with Crippen LogP contribution in [-0.4, -0.2) is 66.8 Å². The van der Waals surface area contributed by atoms with Crippen LogP contribution >= 0.6 is 11.6 Å². The maximum absolute atomic E-state index is 13.6. The molecule has 2 aliphatic rings. The smallest absolute Gasteiger partial charge is 0.326 e. The standard InChI is InChI=1S/C34H30ClN9O5/c35-20-7-5-19(6-8-20)34(25-4-2-1-3-24(25)30-37-15-16-44(30)34)49-27(45)14-13-26(32(47)48)40-22-11-9-21(10-12-22)38-17-23-18-39-29-28(41-23)31(46)43-33(36)42-29/h1-12,18,26,38,40H,13-17H2,(H,47,48)(H3,36,39,42,43,46). The molecule has 6 N–H and O–H groups in total. The Balaban J connectivity index is 1.01. The first-order valence-electron chi connectivity index (χ1n) is 15.5. The van der Waals surface area contributed by atoms with Crippen LogP contribution in [-0.2, 0) is 26.6 Å². The van der Waals surface area contributed by atoms with E-state index in [1.54, 1.807) is 36.4 Å². The summed E-state index contributed by atoms with van der Waals surface area (Å²) >= 11 is 6.21. The number of carboxylic acids is 1. The molecule has 3 aromatic carbocycles. The molecule has 0 saturated carbocycles. The normalized spacial score (nSPS) is 16.8. The van der Waals surface area contributed by atoms with Crippen molar-refractivity contribution in [3.8, 4) is 0 Å². The van der Waals surface area contributed by atoms with Gasteiger partial charge in [0.05, 0.1) is 25.0 Å². The summed E-state index contributed by atoms with van der Waals surface area (Å²) in [6, 6.07) is 20.8. The average molecular weight is 680 g/mol. The minimum atomic E-state index is -1.26. The largest absolute Gasteiger partial charge is 0.480 e. The first kappa shape index (κ1) is 31.6. The van der Waals surface area contributed by atoms with Crippen molar-refractivity contribution in [2.24, 2.45) is 4.99 Å². The lowest BCUT2D eigenvalue weighted by Gasteiger charge is -2.38. The van der Waals surface area contributed by atoms with E-state index in [1.165, 1.54) is 6.20 Å². The quantitative estimate of drug-likeness (QED) is 0.127. The number of halogens is 1. The molecule has 0 amide bonds. The van der Waals surface area contributed by atoms with Gasteiger partial charge in [-0.25, -0.2) is 14.8 Å². The number of aliphatic carboxylic acids is 1. The molecule has 5 aromatic rings. The number of carboxylic acid groups (broad SMARTS) is 1. The molecular formula is C34H30ClN9O5. The fraction of sp³-hybridized carbons (Fsp3) is 0.206. The van der Waals surface area contributed by atoms with Gasteiger partial charge in [0.2, 0.25) is 11.7 Å². The fourth-order valence-electron chi connectivity index (χ4n) is 6.13. The first-order valence-corrected chi connectivity index (χ1v) is 15.8. The van der Waals surface area contributed by atoms with Gasteiger partial charge in [-0.3, -0.25) is 19.6 Å². The van der Waals surface area contributed by atoms with Crippen LogP contribution in [0.3, 0.4) is 0 Å². The molecule has 0 saturated heterocycles. The lowest BCUT2D eigenvalue weighted by molar-refractivity contribution is -0.168. The third kappa shape index (κ3) is 6.09. The van der Waals surface area contributed by atoms with Gasteiger partial charge < -0.3 is 31.1 Å². The van der Waals surface area contributed by atoms with Crippen LogP contribution in [0.1, 0.15) is 35.2 Å². The molecule has 4 heterocycles. The number of esters is 1. The zero-order valence-corrected chi connectivity index (χ0v) is 26.6. The van der Waals surface area contributed by atoms with Gasteiger partial charge in [0, 0.05) is 46.1 Å². The van der Waals surface area contributed by atoms with E-state index in [2.05, 4.69) is 35.6 Å². The van der Waals surface area contributed by atoms with Crippen LogP contribution in [0.2, 0.25) is 5.02 Å². The van der Waals surface area contributed by atoms with Crippen molar-refractivity contribution in [3.05, 3.63) is 117 Å². The van der Waals surface area contributed by atoms with Gasteiger partial charge in [-0.15, -0.1) is 0 Å². The SMILES string of the molecule is Nc1nc2ncc(CNc3ccc(NC(CCC(=O)OC4(c5ccc(Cl)cc5)c5ccccc5C5=NCCN54)C(=O)O)cc3)nc2c(=O)[nH]1. The predicted octanol–water partition coefficient (Wildman–Crippen LogP) is 3.73. The van der Waals surface area contributed by atoms with E-state index >= 15 is 0 Å². The molecule has 0 aliphatic carbocycles. The molecule has 248 valence electrons. The minimum absolute atomic E-state index is 0.0201. The van der Waals surface area contributed by atoms with E-state index in [9.17, 15) is 19.5 Å². The molecule has 0 bridgehead atoms. The molecule has 2 atom stereocenters. The lowest BCUT2D eigenvalue weighted by atomic mass is 9.93. The number of H-pyrrole nitrogens is 1. The van der Waals surface area contributed by atoms with Crippen molar-refractivity contribution in [1.82, 2.24) is 24.8 Å². The Morgan fingerprint density at radius 2 is 1.82 bits per heavy atom. The second-order valence-corrected chi connectivity index (χ2v) is 12.0. The highest BCUT2D eigenvalue weighted by Gasteiger charge is 2.54. The summed E-state index contributed by atoms with van der Waals surface area (Å²) in [4.78, 5) is 59.5. The molecule has 0 spiro atoms. The zero-order valence-electron chi connectivity index (χ0n) is 25.9. The molecule has 14 nitrogen and oxygen atoms in total. The number of aromatic nitrogens is 4. The Labute approximate surface area is 284 Å². The van der Waals surface area contributed by atoms with Gasteiger partial charge in [-0.1, -0.05) is 48.0 Å². The van der Waals surface area contributed by atoms with Gasteiger partial charge in [-0.05, 0) is 42.8 Å². The van der Waals surface area contributed by atoms with Gasteiger partial charge in [0.15, 0.2) is 11.2 Å². The van der Waals surface area contributed by atoms with Gasteiger partial charge in [-0.2, -0.15) is 4.98 Å². The van der Waals surface area contributed by atoms with Crippen LogP contribution < -0.4 is 21.9 Å². The van der Waals surface area contributed by atoms with Crippen LogP contribution in [0.25, 0.3) is 11.2 Å². The number of amidine groups is 1. The summed E-state index contributed by atoms with van der Waals surface area (Å²) in [6.45, 7) is 1.38. The van der Waals surface area contributed by atoms with E-state index in [-0.39, 0.29) is 36.5 Å². The third-order valence-corrected chi connectivity index (χ3v) is 8.62. The maximum atomic E-state index is 13.6. The number of fused-ring (bicyclic) bond motifs is 4. The number of nitrogen functional groups attached to an aromatic ring is 1. The number of nitrogens with two attached hydrogens (primary N) is 1. The monoisotopic (exact) mass is 679 g/mol. The number of rotatable bonds is 11. The summed E-state index contributed by atoms with van der Waals surface area (Å²) < 4.78 is 6.36. The summed E-state index contributed by atoms with van der Waals surface area (Å²) in [5.74, 6) is -0.942. The van der Waals surface area contributed by atoms with Crippen LogP contribution in [0.5, 0.6) is 0 Å². The van der Waals surface area contributed by atoms with E-state index in [1.807, 2.05) is 41.3 Å². The maximum Gasteiger partial charge on any atom is 0.326 e. The highest BCUT2D eigenvalue weighted by Crippen LogP contribution is 2.47.